The van der Waals surface area contributed by atoms with E-state index in [0.717, 1.165) is 43.8 Å². The summed E-state index contributed by atoms with van der Waals surface area (Å²) in [6.45, 7) is 5.12. The fourth-order valence-corrected chi connectivity index (χ4v) is 2.90. The second-order valence-electron chi connectivity index (χ2n) is 5.29. The van der Waals surface area contributed by atoms with Crippen molar-refractivity contribution in [3.05, 3.63) is 28.8 Å². The van der Waals surface area contributed by atoms with E-state index in [1.165, 1.54) is 0 Å². The van der Waals surface area contributed by atoms with Crippen molar-refractivity contribution in [3.8, 4) is 5.75 Å². The molecule has 3 nitrogen and oxygen atoms in total. The lowest BCUT2D eigenvalue weighted by atomic mass is 9.85. The average molecular weight is 284 g/mol. The lowest BCUT2D eigenvalue weighted by Crippen LogP contribution is -2.45. The van der Waals surface area contributed by atoms with E-state index < -0.39 is 5.60 Å². The maximum absolute atomic E-state index is 10.7. The highest BCUT2D eigenvalue weighted by Gasteiger charge is 2.32. The molecule has 19 heavy (non-hydrogen) atoms. The molecule has 4 heteroatoms. The molecule has 1 fully saturated rings. The summed E-state index contributed by atoms with van der Waals surface area (Å²) in [6, 6.07) is 5.57. The molecule has 1 aromatic rings. The standard InChI is InChI=1S/C15H22ClNO2/c1-3-17-8-6-15(18,7-9-17)11-12-10-13(16)4-5-14(12)19-2/h4-5,10,18H,3,6-9,11H2,1-2H3. The third kappa shape index (κ3) is 3.62. The van der Waals surface area contributed by atoms with Crippen molar-refractivity contribution in [3.63, 3.8) is 0 Å². The highest BCUT2D eigenvalue weighted by molar-refractivity contribution is 6.30. The summed E-state index contributed by atoms with van der Waals surface area (Å²) in [6.07, 6.45) is 2.21. The van der Waals surface area contributed by atoms with Gasteiger partial charge in [-0.2, -0.15) is 0 Å². The van der Waals surface area contributed by atoms with Gasteiger partial charge in [0.25, 0.3) is 0 Å². The summed E-state index contributed by atoms with van der Waals surface area (Å²) < 4.78 is 5.35. The second kappa shape index (κ2) is 6.12. The number of piperidine rings is 1. The number of halogens is 1. The van der Waals surface area contributed by atoms with E-state index in [0.29, 0.717) is 11.4 Å². The Morgan fingerprint density at radius 2 is 2.05 bits per heavy atom. The molecule has 0 saturated carbocycles. The lowest BCUT2D eigenvalue weighted by Gasteiger charge is -2.38. The van der Waals surface area contributed by atoms with Gasteiger partial charge in [0.1, 0.15) is 5.75 Å². The first-order chi connectivity index (χ1) is 9.06. The molecule has 0 amide bonds. The molecule has 106 valence electrons. The Kier molecular flexibility index (Phi) is 4.71. The van der Waals surface area contributed by atoms with Crippen molar-refractivity contribution in [2.45, 2.75) is 31.8 Å². The minimum Gasteiger partial charge on any atom is -0.496 e. The summed E-state index contributed by atoms with van der Waals surface area (Å²) in [5.74, 6) is 0.802. The van der Waals surface area contributed by atoms with Crippen molar-refractivity contribution in [2.24, 2.45) is 0 Å². The third-order valence-corrected chi connectivity index (χ3v) is 4.23. The fourth-order valence-electron chi connectivity index (χ4n) is 2.70. The van der Waals surface area contributed by atoms with Gasteiger partial charge in [0.2, 0.25) is 0 Å². The number of ether oxygens (including phenoxy) is 1. The summed E-state index contributed by atoms with van der Waals surface area (Å²) in [4.78, 5) is 2.36. The topological polar surface area (TPSA) is 32.7 Å². The highest BCUT2D eigenvalue weighted by atomic mass is 35.5. The predicted octanol–water partition coefficient (Wildman–Crippen LogP) is 2.74. The lowest BCUT2D eigenvalue weighted by molar-refractivity contribution is -0.0197. The number of rotatable bonds is 4. The van der Waals surface area contributed by atoms with Gasteiger partial charge in [-0.05, 0) is 43.1 Å². The van der Waals surface area contributed by atoms with Crippen LogP contribution in [0.25, 0.3) is 0 Å². The summed E-state index contributed by atoms with van der Waals surface area (Å²) in [5.41, 5.74) is 0.353. The number of aliphatic hydroxyl groups is 1. The molecule has 1 N–H and O–H groups in total. The Morgan fingerprint density at radius 1 is 1.37 bits per heavy atom. The van der Waals surface area contributed by atoms with Gasteiger partial charge < -0.3 is 14.7 Å². The molecular weight excluding hydrogens is 262 g/mol. The van der Waals surface area contributed by atoms with Crippen molar-refractivity contribution >= 4 is 11.6 Å². The maximum Gasteiger partial charge on any atom is 0.122 e. The fraction of sp³-hybridized carbons (Fsp3) is 0.600. The number of hydrogen-bond donors (Lipinski definition) is 1. The minimum atomic E-state index is -0.635. The maximum atomic E-state index is 10.7. The Bertz CT molecular complexity index is 428. The van der Waals surface area contributed by atoms with E-state index >= 15 is 0 Å². The SMILES string of the molecule is CCN1CCC(O)(Cc2cc(Cl)ccc2OC)CC1. The zero-order valence-electron chi connectivity index (χ0n) is 11.7. The molecular formula is C15H22ClNO2. The highest BCUT2D eigenvalue weighted by Crippen LogP contribution is 2.31. The molecule has 0 spiro atoms. The zero-order valence-corrected chi connectivity index (χ0v) is 12.4. The van der Waals surface area contributed by atoms with Gasteiger partial charge in [0.05, 0.1) is 12.7 Å². The number of likely N-dealkylation sites (tertiary alicyclic amines) is 1. The Morgan fingerprint density at radius 3 is 2.63 bits per heavy atom. The second-order valence-corrected chi connectivity index (χ2v) is 5.73. The molecule has 0 atom stereocenters. The first kappa shape index (κ1) is 14.6. The summed E-state index contributed by atoms with van der Waals surface area (Å²) >= 11 is 6.04. The van der Waals surface area contributed by atoms with E-state index in [4.69, 9.17) is 16.3 Å². The van der Waals surface area contributed by atoms with E-state index in [1.807, 2.05) is 18.2 Å². The number of hydrogen-bond acceptors (Lipinski definition) is 3. The molecule has 0 unspecified atom stereocenters. The first-order valence-electron chi connectivity index (χ1n) is 6.83. The van der Waals surface area contributed by atoms with Crippen LogP contribution in [0.15, 0.2) is 18.2 Å². The Hall–Kier alpha value is -0.770. The van der Waals surface area contributed by atoms with Crippen LogP contribution < -0.4 is 4.74 Å². The van der Waals surface area contributed by atoms with Crippen molar-refractivity contribution in [2.75, 3.05) is 26.7 Å². The molecule has 1 aromatic carbocycles. The molecule has 1 aliphatic heterocycles. The van der Waals surface area contributed by atoms with Crippen LogP contribution in [0.4, 0.5) is 0 Å². The van der Waals surface area contributed by atoms with Gasteiger partial charge in [0, 0.05) is 24.5 Å². The van der Waals surface area contributed by atoms with Crippen LogP contribution >= 0.6 is 11.6 Å². The van der Waals surface area contributed by atoms with Crippen LogP contribution in [0.5, 0.6) is 5.75 Å². The molecule has 0 aliphatic carbocycles. The van der Waals surface area contributed by atoms with Crippen molar-refractivity contribution in [1.82, 2.24) is 4.90 Å². The third-order valence-electron chi connectivity index (χ3n) is 4.00. The monoisotopic (exact) mass is 283 g/mol. The van der Waals surface area contributed by atoms with Gasteiger partial charge in [-0.25, -0.2) is 0 Å². The smallest absolute Gasteiger partial charge is 0.122 e. The molecule has 1 aliphatic rings. The van der Waals surface area contributed by atoms with Gasteiger partial charge >= 0.3 is 0 Å². The predicted molar refractivity (Wildman–Crippen MR) is 78.0 cm³/mol. The van der Waals surface area contributed by atoms with Gasteiger partial charge in [-0.1, -0.05) is 18.5 Å². The van der Waals surface area contributed by atoms with Crippen LogP contribution in [0.1, 0.15) is 25.3 Å². The van der Waals surface area contributed by atoms with Crippen LogP contribution in [0.3, 0.4) is 0 Å². The molecule has 0 bridgehead atoms. The van der Waals surface area contributed by atoms with Gasteiger partial charge in [0.15, 0.2) is 0 Å². The van der Waals surface area contributed by atoms with Crippen LogP contribution in [0, 0.1) is 0 Å². The number of benzene rings is 1. The molecule has 0 radical (unpaired) electrons. The van der Waals surface area contributed by atoms with E-state index in [2.05, 4.69) is 11.8 Å². The van der Waals surface area contributed by atoms with E-state index in [9.17, 15) is 5.11 Å². The number of nitrogens with zero attached hydrogens (tertiary/aromatic N) is 1. The first-order valence-corrected chi connectivity index (χ1v) is 7.21. The zero-order chi connectivity index (χ0) is 13.9. The van der Waals surface area contributed by atoms with Gasteiger partial charge in [-0.15, -0.1) is 0 Å². The van der Waals surface area contributed by atoms with Gasteiger partial charge in [-0.3, -0.25) is 0 Å². The average Bonchev–Trinajstić information content (AvgIpc) is 2.39. The van der Waals surface area contributed by atoms with Crippen LogP contribution in [0.2, 0.25) is 5.02 Å². The normalized spacial score (nSPS) is 19.4. The summed E-state index contributed by atoms with van der Waals surface area (Å²) in [5, 5.41) is 11.4. The molecule has 1 saturated heterocycles. The van der Waals surface area contributed by atoms with Crippen molar-refractivity contribution < 1.29 is 9.84 Å². The minimum absolute atomic E-state index is 0.605. The van der Waals surface area contributed by atoms with Crippen molar-refractivity contribution in [1.29, 1.82) is 0 Å². The van der Waals surface area contributed by atoms with E-state index in [-0.39, 0.29) is 0 Å². The Labute approximate surface area is 120 Å². The quantitative estimate of drug-likeness (QED) is 0.922. The molecule has 1 heterocycles. The van der Waals surface area contributed by atoms with Crippen LogP contribution in [-0.4, -0.2) is 42.4 Å². The Balaban J connectivity index is 2.10. The number of methoxy groups -OCH3 is 1. The molecule has 0 aromatic heterocycles. The largest absolute Gasteiger partial charge is 0.496 e. The summed E-state index contributed by atoms with van der Waals surface area (Å²) in [7, 11) is 1.65. The van der Waals surface area contributed by atoms with E-state index in [1.54, 1.807) is 7.11 Å². The molecule has 2 rings (SSSR count). The van der Waals surface area contributed by atoms with Crippen LogP contribution in [-0.2, 0) is 6.42 Å².